The van der Waals surface area contributed by atoms with Crippen LogP contribution in [0, 0.1) is 13.8 Å². The van der Waals surface area contributed by atoms with E-state index in [1.54, 1.807) is 12.1 Å². The van der Waals surface area contributed by atoms with E-state index in [4.69, 9.17) is 0 Å². The fraction of sp³-hybridized carbons (Fsp3) is 0.333. The quantitative estimate of drug-likeness (QED) is 0.902. The summed E-state index contributed by atoms with van der Waals surface area (Å²) in [4.78, 5) is 29.5. The highest BCUT2D eigenvalue weighted by molar-refractivity contribution is 6.08. The van der Waals surface area contributed by atoms with E-state index in [0.717, 1.165) is 41.9 Å². The van der Waals surface area contributed by atoms with Gasteiger partial charge in [0, 0.05) is 24.8 Å². The number of carbonyl (C=O) groups is 2. The maximum Gasteiger partial charge on any atom is 0.257 e. The zero-order valence-electron chi connectivity index (χ0n) is 15.4. The van der Waals surface area contributed by atoms with Gasteiger partial charge in [-0.1, -0.05) is 6.07 Å². The van der Waals surface area contributed by atoms with Gasteiger partial charge in [-0.2, -0.15) is 0 Å². The minimum Gasteiger partial charge on any atom is -0.354 e. The average Bonchev–Trinajstić information content (AvgIpc) is 3.08. The summed E-state index contributed by atoms with van der Waals surface area (Å²) < 4.78 is 0. The van der Waals surface area contributed by atoms with Crippen molar-refractivity contribution in [2.24, 2.45) is 0 Å². The van der Waals surface area contributed by atoms with Crippen molar-refractivity contribution in [3.63, 3.8) is 0 Å². The van der Waals surface area contributed by atoms with Gasteiger partial charge < -0.3 is 15.1 Å². The van der Waals surface area contributed by atoms with Gasteiger partial charge in [-0.25, -0.2) is 0 Å². The van der Waals surface area contributed by atoms with Gasteiger partial charge in [-0.3, -0.25) is 9.59 Å². The van der Waals surface area contributed by atoms with E-state index in [1.807, 2.05) is 44.0 Å². The maximum absolute atomic E-state index is 12.7. The fourth-order valence-electron chi connectivity index (χ4n) is 4.10. The molecule has 0 aliphatic carbocycles. The molecule has 0 radical (unpaired) electrons. The Hall–Kier alpha value is -2.82. The molecule has 1 N–H and O–H groups in total. The number of amides is 2. The first-order valence-corrected chi connectivity index (χ1v) is 9.01. The number of fused-ring (bicyclic) bond motifs is 2. The average molecular weight is 349 g/mol. The molecule has 5 heteroatoms. The van der Waals surface area contributed by atoms with Crippen LogP contribution in [0.25, 0.3) is 0 Å². The zero-order chi connectivity index (χ0) is 18.4. The monoisotopic (exact) mass is 349 g/mol. The lowest BCUT2D eigenvalue weighted by Gasteiger charge is -2.40. The van der Waals surface area contributed by atoms with Gasteiger partial charge in [0.15, 0.2) is 0 Å². The zero-order valence-corrected chi connectivity index (χ0v) is 15.4. The van der Waals surface area contributed by atoms with Crippen LogP contribution >= 0.6 is 0 Å². The van der Waals surface area contributed by atoms with E-state index >= 15 is 0 Å². The van der Waals surface area contributed by atoms with Crippen molar-refractivity contribution < 1.29 is 9.59 Å². The number of nitrogens with zero attached hydrogens (tertiary/aromatic N) is 2. The van der Waals surface area contributed by atoms with Crippen molar-refractivity contribution in [3.8, 4) is 0 Å². The summed E-state index contributed by atoms with van der Waals surface area (Å²) in [5, 5.41) is 2.97. The maximum atomic E-state index is 12.7. The molecule has 1 atom stereocenters. The lowest BCUT2D eigenvalue weighted by Crippen LogP contribution is -2.50. The van der Waals surface area contributed by atoms with Crippen LogP contribution in [-0.2, 0) is 0 Å². The topological polar surface area (TPSA) is 52.7 Å². The number of nitrogens with one attached hydrogen (secondary N) is 1. The Morgan fingerprint density at radius 1 is 1.12 bits per heavy atom. The first-order valence-electron chi connectivity index (χ1n) is 9.01. The first kappa shape index (κ1) is 16.6. The fourth-order valence-corrected chi connectivity index (χ4v) is 4.10. The summed E-state index contributed by atoms with van der Waals surface area (Å²) in [6.45, 7) is 4.83. The molecule has 4 rings (SSSR count). The molecular weight excluding hydrogens is 326 g/mol. The summed E-state index contributed by atoms with van der Waals surface area (Å²) in [5.41, 5.74) is 5.08. The molecule has 2 aliphatic rings. The number of benzene rings is 2. The predicted molar refractivity (Wildman–Crippen MR) is 103 cm³/mol. The molecular formula is C21H23N3O2. The molecule has 0 bridgehead atoms. The van der Waals surface area contributed by atoms with Gasteiger partial charge in [0.25, 0.3) is 11.8 Å². The van der Waals surface area contributed by atoms with Gasteiger partial charge in [0.05, 0.1) is 11.3 Å². The molecule has 2 heterocycles. The summed E-state index contributed by atoms with van der Waals surface area (Å²) >= 11 is 0. The second kappa shape index (κ2) is 6.16. The number of anilines is 2. The second-order valence-electron chi connectivity index (χ2n) is 7.29. The van der Waals surface area contributed by atoms with Crippen LogP contribution < -0.4 is 10.2 Å². The molecule has 1 fully saturated rings. The van der Waals surface area contributed by atoms with Crippen molar-refractivity contribution in [2.45, 2.75) is 32.9 Å². The van der Waals surface area contributed by atoms with Crippen molar-refractivity contribution in [3.05, 3.63) is 58.7 Å². The highest BCUT2D eigenvalue weighted by Crippen LogP contribution is 2.35. The van der Waals surface area contributed by atoms with Crippen LogP contribution in [0.1, 0.15) is 44.7 Å². The molecule has 2 aromatic rings. The Bertz CT molecular complexity index is 886. The molecule has 5 nitrogen and oxygen atoms in total. The van der Waals surface area contributed by atoms with E-state index < -0.39 is 0 Å². The molecule has 2 amide bonds. The molecule has 134 valence electrons. The van der Waals surface area contributed by atoms with Crippen molar-refractivity contribution in [2.75, 3.05) is 23.8 Å². The molecule has 1 saturated heterocycles. The minimum absolute atomic E-state index is 0.0712. The molecule has 0 saturated carbocycles. The van der Waals surface area contributed by atoms with Crippen molar-refractivity contribution >= 4 is 23.2 Å². The standard InChI is InChI=1S/C21H23N3O2/c1-13-9-14(2)11-16(10-13)22-20(25)15-6-7-17-18(12-15)23(3)19-5-4-8-24(19)21(17)26/h6-7,9-12,19H,4-5,8H2,1-3H3,(H,22,25)/t19-/m1/s1. The van der Waals surface area contributed by atoms with Crippen LogP contribution in [0.4, 0.5) is 11.4 Å². The molecule has 0 unspecified atom stereocenters. The van der Waals surface area contributed by atoms with Crippen LogP contribution in [0.5, 0.6) is 0 Å². The number of carbonyl (C=O) groups excluding carboxylic acids is 2. The lowest BCUT2D eigenvalue weighted by atomic mass is 10.0. The van der Waals surface area contributed by atoms with E-state index in [1.165, 1.54) is 0 Å². The Morgan fingerprint density at radius 2 is 1.85 bits per heavy atom. The highest BCUT2D eigenvalue weighted by atomic mass is 16.2. The molecule has 0 spiro atoms. The normalized spacial score (nSPS) is 18.6. The van der Waals surface area contributed by atoms with E-state index in [2.05, 4.69) is 16.3 Å². The van der Waals surface area contributed by atoms with E-state index in [-0.39, 0.29) is 18.0 Å². The summed E-state index contributed by atoms with van der Waals surface area (Å²) in [6.07, 6.45) is 2.10. The Labute approximate surface area is 153 Å². The second-order valence-corrected chi connectivity index (χ2v) is 7.29. The van der Waals surface area contributed by atoms with E-state index in [9.17, 15) is 9.59 Å². The SMILES string of the molecule is Cc1cc(C)cc(NC(=O)c2ccc3c(c2)N(C)[C@H]2CCCN2C3=O)c1. The van der Waals surface area contributed by atoms with E-state index in [0.29, 0.717) is 11.1 Å². The Balaban J connectivity index is 1.64. The summed E-state index contributed by atoms with van der Waals surface area (Å²) in [6, 6.07) is 11.3. The number of hydrogen-bond donors (Lipinski definition) is 1. The molecule has 2 aromatic carbocycles. The van der Waals surface area contributed by atoms with Crippen LogP contribution in [0.15, 0.2) is 36.4 Å². The smallest absolute Gasteiger partial charge is 0.257 e. The third-order valence-electron chi connectivity index (χ3n) is 5.28. The third kappa shape index (κ3) is 2.73. The van der Waals surface area contributed by atoms with Gasteiger partial charge >= 0.3 is 0 Å². The van der Waals surface area contributed by atoms with Crippen molar-refractivity contribution in [1.82, 2.24) is 4.90 Å². The van der Waals surface area contributed by atoms with Gasteiger partial charge in [0.2, 0.25) is 0 Å². The summed E-state index contributed by atoms with van der Waals surface area (Å²) in [7, 11) is 2.00. The first-order chi connectivity index (χ1) is 12.4. The number of hydrogen-bond acceptors (Lipinski definition) is 3. The molecule has 0 aromatic heterocycles. The minimum atomic E-state index is -0.160. The van der Waals surface area contributed by atoms with Crippen LogP contribution in [0.2, 0.25) is 0 Å². The Morgan fingerprint density at radius 3 is 2.58 bits per heavy atom. The predicted octanol–water partition coefficient (Wildman–Crippen LogP) is 3.57. The Kier molecular flexibility index (Phi) is 3.94. The van der Waals surface area contributed by atoms with Crippen LogP contribution in [-0.4, -0.2) is 36.5 Å². The third-order valence-corrected chi connectivity index (χ3v) is 5.28. The van der Waals surface area contributed by atoms with Gasteiger partial charge in [0.1, 0.15) is 6.17 Å². The highest BCUT2D eigenvalue weighted by Gasteiger charge is 2.38. The lowest BCUT2D eigenvalue weighted by molar-refractivity contribution is 0.0719. The molecule has 26 heavy (non-hydrogen) atoms. The van der Waals surface area contributed by atoms with Crippen molar-refractivity contribution in [1.29, 1.82) is 0 Å². The van der Waals surface area contributed by atoms with Gasteiger partial charge in [-0.05, 0) is 68.1 Å². The largest absolute Gasteiger partial charge is 0.354 e. The van der Waals surface area contributed by atoms with Gasteiger partial charge in [-0.15, -0.1) is 0 Å². The number of rotatable bonds is 2. The number of aryl methyl sites for hydroxylation is 2. The summed E-state index contributed by atoms with van der Waals surface area (Å²) in [5.74, 6) is -0.0885. The molecule has 2 aliphatic heterocycles. The van der Waals surface area contributed by atoms with Crippen LogP contribution in [0.3, 0.4) is 0 Å².